The van der Waals surface area contributed by atoms with E-state index in [-0.39, 0.29) is 30.3 Å². The van der Waals surface area contributed by atoms with E-state index in [2.05, 4.69) is 4.74 Å². The van der Waals surface area contributed by atoms with Crippen LogP contribution in [0.2, 0.25) is 0 Å². The van der Waals surface area contributed by atoms with Crippen LogP contribution in [0.5, 0.6) is 0 Å². The molecule has 1 saturated heterocycles. The summed E-state index contributed by atoms with van der Waals surface area (Å²) in [6.07, 6.45) is 0.155. The van der Waals surface area contributed by atoms with Crippen molar-refractivity contribution in [1.82, 2.24) is 0 Å². The van der Waals surface area contributed by atoms with Gasteiger partial charge in [0.1, 0.15) is 5.54 Å². The molecule has 1 heterocycles. The highest BCUT2D eigenvalue weighted by Crippen LogP contribution is 2.21. The van der Waals surface area contributed by atoms with E-state index in [0.29, 0.717) is 0 Å². The molecular formula is C6H12ClNO4S. The lowest BCUT2D eigenvalue weighted by molar-refractivity contribution is -0.146. The fraction of sp³-hybridized carbons (Fsp3) is 0.833. The second kappa shape index (κ2) is 3.81. The van der Waals surface area contributed by atoms with Crippen molar-refractivity contribution in [3.63, 3.8) is 0 Å². The largest absolute Gasteiger partial charge is 0.468 e. The topological polar surface area (TPSA) is 86.5 Å². The molecule has 1 rings (SSSR count). The third-order valence-electron chi connectivity index (χ3n) is 1.93. The zero-order chi connectivity index (χ0) is 9.41. The number of hydrogen-bond donors (Lipinski definition) is 1. The number of hydrogen-bond acceptors (Lipinski definition) is 5. The molecule has 1 aliphatic rings. The van der Waals surface area contributed by atoms with Crippen molar-refractivity contribution in [3.8, 4) is 0 Å². The van der Waals surface area contributed by atoms with Crippen molar-refractivity contribution in [3.05, 3.63) is 0 Å². The predicted octanol–water partition coefficient (Wildman–Crippen LogP) is -0.903. The molecule has 5 nitrogen and oxygen atoms in total. The van der Waals surface area contributed by atoms with Crippen molar-refractivity contribution < 1.29 is 17.9 Å². The lowest BCUT2D eigenvalue weighted by Gasteiger charge is -2.17. The van der Waals surface area contributed by atoms with Crippen LogP contribution in [0, 0.1) is 0 Å². The Morgan fingerprint density at radius 2 is 2.08 bits per heavy atom. The van der Waals surface area contributed by atoms with Crippen molar-refractivity contribution >= 4 is 28.2 Å². The molecule has 1 atom stereocenters. The zero-order valence-electron chi connectivity index (χ0n) is 7.15. The molecule has 0 spiro atoms. The number of nitrogens with two attached hydrogens (primary N) is 1. The van der Waals surface area contributed by atoms with Crippen LogP contribution in [0.25, 0.3) is 0 Å². The van der Waals surface area contributed by atoms with Gasteiger partial charge in [-0.05, 0) is 6.42 Å². The van der Waals surface area contributed by atoms with Crippen LogP contribution in [-0.2, 0) is 19.4 Å². The van der Waals surface area contributed by atoms with Crippen molar-refractivity contribution in [1.29, 1.82) is 0 Å². The highest BCUT2D eigenvalue weighted by molar-refractivity contribution is 7.91. The number of halogens is 1. The molecule has 1 aliphatic heterocycles. The lowest BCUT2D eigenvalue weighted by Crippen LogP contribution is -2.49. The molecule has 1 fully saturated rings. The molecule has 7 heteroatoms. The number of ether oxygens (including phenoxy) is 1. The molecule has 13 heavy (non-hydrogen) atoms. The van der Waals surface area contributed by atoms with Crippen LogP contribution in [0.3, 0.4) is 0 Å². The van der Waals surface area contributed by atoms with Crippen molar-refractivity contribution in [2.75, 3.05) is 18.6 Å². The van der Waals surface area contributed by atoms with E-state index in [1.807, 2.05) is 0 Å². The Hall–Kier alpha value is -0.330. The highest BCUT2D eigenvalue weighted by Gasteiger charge is 2.45. The molecule has 0 radical (unpaired) electrons. The number of carbonyl (C=O) groups excluding carboxylic acids is 1. The second-order valence-corrected chi connectivity index (χ2v) is 5.17. The maximum atomic E-state index is 11.0. The summed E-state index contributed by atoms with van der Waals surface area (Å²) in [6.45, 7) is 0. The summed E-state index contributed by atoms with van der Waals surface area (Å²) in [5, 5.41) is 0. The first-order chi connectivity index (χ1) is 5.40. The molecule has 0 aliphatic carbocycles. The first-order valence-corrected chi connectivity index (χ1v) is 5.29. The minimum atomic E-state index is -3.13. The van der Waals surface area contributed by atoms with Gasteiger partial charge in [0.05, 0.1) is 18.6 Å². The summed E-state index contributed by atoms with van der Waals surface area (Å²) in [6, 6.07) is 0. The van der Waals surface area contributed by atoms with Gasteiger partial charge in [-0.2, -0.15) is 0 Å². The van der Waals surface area contributed by atoms with Gasteiger partial charge in [-0.1, -0.05) is 0 Å². The van der Waals surface area contributed by atoms with Crippen molar-refractivity contribution in [2.24, 2.45) is 5.73 Å². The molecule has 0 aromatic rings. The van der Waals surface area contributed by atoms with Crippen LogP contribution in [0.15, 0.2) is 0 Å². The monoisotopic (exact) mass is 229 g/mol. The zero-order valence-corrected chi connectivity index (χ0v) is 8.78. The number of sulfone groups is 1. The predicted molar refractivity (Wildman–Crippen MR) is 49.5 cm³/mol. The molecule has 78 valence electrons. The SMILES string of the molecule is COC(=O)C1(N)CCS(=O)(=O)C1.Cl. The molecule has 0 aromatic heterocycles. The minimum Gasteiger partial charge on any atom is -0.468 e. The Bertz CT molecular complexity index is 302. The van der Waals surface area contributed by atoms with Crippen LogP contribution < -0.4 is 5.73 Å². The maximum absolute atomic E-state index is 11.0. The van der Waals surface area contributed by atoms with Gasteiger partial charge in [-0.25, -0.2) is 8.42 Å². The van der Waals surface area contributed by atoms with Crippen LogP contribution in [-0.4, -0.2) is 38.5 Å². The average molecular weight is 230 g/mol. The number of rotatable bonds is 1. The Kier molecular flexibility index (Phi) is 3.71. The fourth-order valence-electron chi connectivity index (χ4n) is 1.24. The van der Waals surface area contributed by atoms with Crippen LogP contribution in [0.1, 0.15) is 6.42 Å². The summed E-state index contributed by atoms with van der Waals surface area (Å²) < 4.78 is 26.4. The molecule has 0 amide bonds. The van der Waals surface area contributed by atoms with Gasteiger partial charge in [0.15, 0.2) is 9.84 Å². The van der Waals surface area contributed by atoms with Crippen LogP contribution >= 0.6 is 12.4 Å². The first kappa shape index (κ1) is 12.7. The van der Waals surface area contributed by atoms with E-state index in [1.54, 1.807) is 0 Å². The summed E-state index contributed by atoms with van der Waals surface area (Å²) in [4.78, 5) is 11.0. The van der Waals surface area contributed by atoms with Crippen molar-refractivity contribution in [2.45, 2.75) is 12.0 Å². The Morgan fingerprint density at radius 3 is 2.38 bits per heavy atom. The third kappa shape index (κ3) is 2.55. The molecule has 0 aromatic carbocycles. The van der Waals surface area contributed by atoms with Gasteiger partial charge in [-0.15, -0.1) is 12.4 Å². The number of methoxy groups -OCH3 is 1. The van der Waals surface area contributed by atoms with E-state index in [9.17, 15) is 13.2 Å². The molecular weight excluding hydrogens is 218 g/mol. The van der Waals surface area contributed by atoms with E-state index >= 15 is 0 Å². The van der Waals surface area contributed by atoms with Gasteiger partial charge >= 0.3 is 5.97 Å². The first-order valence-electron chi connectivity index (χ1n) is 3.47. The Labute approximate surface area is 83.0 Å². The summed E-state index contributed by atoms with van der Waals surface area (Å²) in [5.41, 5.74) is 4.22. The standard InChI is InChI=1S/C6H11NO4S.ClH/c1-11-5(8)6(7)2-3-12(9,10)4-6;/h2-4,7H2,1H3;1H. The van der Waals surface area contributed by atoms with Gasteiger partial charge in [0, 0.05) is 0 Å². The second-order valence-electron chi connectivity index (χ2n) is 2.99. The third-order valence-corrected chi connectivity index (χ3v) is 3.71. The summed E-state index contributed by atoms with van der Waals surface area (Å²) in [5.74, 6) is -0.978. The summed E-state index contributed by atoms with van der Waals surface area (Å²) >= 11 is 0. The van der Waals surface area contributed by atoms with E-state index in [0.717, 1.165) is 0 Å². The number of carbonyl (C=O) groups is 1. The Morgan fingerprint density at radius 1 is 1.54 bits per heavy atom. The average Bonchev–Trinajstić information content (AvgIpc) is 2.25. The van der Waals surface area contributed by atoms with Gasteiger partial charge in [-0.3, -0.25) is 4.79 Å². The molecule has 1 unspecified atom stereocenters. The minimum absolute atomic E-state index is 0. The smallest absolute Gasteiger partial charge is 0.326 e. The van der Waals surface area contributed by atoms with Crippen LogP contribution in [0.4, 0.5) is 0 Å². The van der Waals surface area contributed by atoms with E-state index < -0.39 is 21.3 Å². The quantitative estimate of drug-likeness (QED) is 0.589. The maximum Gasteiger partial charge on any atom is 0.326 e. The molecule has 0 bridgehead atoms. The van der Waals surface area contributed by atoms with E-state index in [1.165, 1.54) is 7.11 Å². The lowest BCUT2D eigenvalue weighted by atomic mass is 10.0. The highest BCUT2D eigenvalue weighted by atomic mass is 35.5. The number of esters is 1. The van der Waals surface area contributed by atoms with E-state index in [4.69, 9.17) is 5.73 Å². The molecule has 0 saturated carbocycles. The van der Waals surface area contributed by atoms with Gasteiger partial charge in [0.2, 0.25) is 0 Å². The van der Waals surface area contributed by atoms with Gasteiger partial charge < -0.3 is 10.5 Å². The van der Waals surface area contributed by atoms with Gasteiger partial charge in [0.25, 0.3) is 0 Å². The summed E-state index contributed by atoms with van der Waals surface area (Å²) in [7, 11) is -1.94. The Balaban J connectivity index is 0.00000144. The molecule has 2 N–H and O–H groups in total. The normalized spacial score (nSPS) is 30.6. The fourth-order valence-corrected chi connectivity index (χ4v) is 3.11.